The first-order valence-corrected chi connectivity index (χ1v) is 11.2. The van der Waals surface area contributed by atoms with Crippen LogP contribution in [0.2, 0.25) is 0 Å². The minimum Gasteiger partial charge on any atom is -0.379 e. The molecule has 0 unspecified atom stereocenters. The topological polar surface area (TPSA) is 75.7 Å². The van der Waals surface area contributed by atoms with Gasteiger partial charge in [0, 0.05) is 30.6 Å². The van der Waals surface area contributed by atoms with Crippen LogP contribution in [0.25, 0.3) is 0 Å². The fourth-order valence-electron chi connectivity index (χ4n) is 3.24. The smallest absolute Gasteiger partial charge is 0.251 e. The van der Waals surface area contributed by atoms with Gasteiger partial charge < -0.3 is 10.1 Å². The fraction of sp³-hybridized carbons (Fsp3) is 0.409. The summed E-state index contributed by atoms with van der Waals surface area (Å²) in [5.41, 5.74) is 2.40. The van der Waals surface area contributed by atoms with Crippen LogP contribution >= 0.6 is 0 Å². The Labute approximate surface area is 172 Å². The zero-order valence-corrected chi connectivity index (χ0v) is 18.0. The summed E-state index contributed by atoms with van der Waals surface area (Å²) < 4.78 is 32.3. The van der Waals surface area contributed by atoms with E-state index in [2.05, 4.69) is 43.4 Å². The minimum absolute atomic E-state index is 0.129. The lowest BCUT2D eigenvalue weighted by atomic mass is 9.84. The number of sulfonamides is 1. The number of nitrogens with zero attached hydrogens (tertiary/aromatic N) is 1. The molecule has 156 valence electrons. The average molecular weight is 417 g/mol. The quantitative estimate of drug-likeness (QED) is 0.786. The zero-order valence-electron chi connectivity index (χ0n) is 17.1. The van der Waals surface area contributed by atoms with Crippen molar-refractivity contribution in [3.05, 3.63) is 65.2 Å². The van der Waals surface area contributed by atoms with E-state index >= 15 is 0 Å². The van der Waals surface area contributed by atoms with Crippen molar-refractivity contribution in [2.75, 3.05) is 32.8 Å². The number of carbonyl (C=O) groups is 1. The minimum atomic E-state index is -3.64. The summed E-state index contributed by atoms with van der Waals surface area (Å²) in [7, 11) is -3.64. The molecule has 0 saturated carbocycles. The molecule has 1 fully saturated rings. The summed E-state index contributed by atoms with van der Waals surface area (Å²) in [6.45, 7) is 8.02. The Morgan fingerprint density at radius 1 is 1.10 bits per heavy atom. The van der Waals surface area contributed by atoms with Gasteiger partial charge in [0.15, 0.2) is 0 Å². The van der Waals surface area contributed by atoms with Gasteiger partial charge in [-0.15, -0.1) is 0 Å². The van der Waals surface area contributed by atoms with E-state index in [9.17, 15) is 13.2 Å². The van der Waals surface area contributed by atoms with Gasteiger partial charge >= 0.3 is 0 Å². The van der Waals surface area contributed by atoms with E-state index in [4.69, 9.17) is 4.74 Å². The first kappa shape index (κ1) is 21.5. The molecule has 1 N–H and O–H groups in total. The maximum atomic E-state index is 12.8. The van der Waals surface area contributed by atoms with E-state index in [-0.39, 0.29) is 16.2 Å². The van der Waals surface area contributed by atoms with E-state index in [1.165, 1.54) is 22.0 Å². The highest BCUT2D eigenvalue weighted by atomic mass is 32.2. The molecular formula is C22H28N2O4S. The van der Waals surface area contributed by atoms with E-state index in [1.54, 1.807) is 12.1 Å². The molecule has 2 aromatic rings. The molecule has 0 radical (unpaired) electrons. The molecule has 0 atom stereocenters. The van der Waals surface area contributed by atoms with E-state index in [0.717, 1.165) is 5.56 Å². The van der Waals surface area contributed by atoms with Crippen LogP contribution < -0.4 is 5.32 Å². The van der Waals surface area contributed by atoms with Crippen LogP contribution in [0.15, 0.2) is 53.4 Å². The Kier molecular flexibility index (Phi) is 6.41. The third kappa shape index (κ3) is 5.04. The molecule has 6 nitrogen and oxygen atoms in total. The molecule has 0 bridgehead atoms. The summed E-state index contributed by atoms with van der Waals surface area (Å²) in [4.78, 5) is 12.8. The van der Waals surface area contributed by atoms with Crippen LogP contribution in [0, 0.1) is 6.92 Å². The Hall–Kier alpha value is -2.22. The third-order valence-electron chi connectivity index (χ3n) is 5.23. The Morgan fingerprint density at radius 2 is 1.76 bits per heavy atom. The number of aryl methyl sites for hydroxylation is 1. The van der Waals surface area contributed by atoms with E-state index < -0.39 is 10.0 Å². The zero-order chi connectivity index (χ0) is 21.1. The van der Waals surface area contributed by atoms with Gasteiger partial charge in [-0.25, -0.2) is 8.42 Å². The number of morpholine rings is 1. The third-order valence-corrected chi connectivity index (χ3v) is 7.12. The maximum absolute atomic E-state index is 12.8. The molecule has 1 aliphatic heterocycles. The number of nitrogens with one attached hydrogen (secondary N) is 1. The average Bonchev–Trinajstić information content (AvgIpc) is 2.73. The lowest BCUT2D eigenvalue weighted by Crippen LogP contribution is -2.40. The summed E-state index contributed by atoms with van der Waals surface area (Å²) in [5.74, 6) is -0.288. The second kappa shape index (κ2) is 8.65. The summed E-state index contributed by atoms with van der Waals surface area (Å²) >= 11 is 0. The van der Waals surface area contributed by atoms with Gasteiger partial charge in [0.1, 0.15) is 0 Å². The van der Waals surface area contributed by atoms with Gasteiger partial charge in [0.05, 0.1) is 18.1 Å². The number of carbonyl (C=O) groups excluding carboxylic acids is 1. The van der Waals surface area contributed by atoms with Crippen molar-refractivity contribution in [1.29, 1.82) is 0 Å². The van der Waals surface area contributed by atoms with Gasteiger partial charge in [0.25, 0.3) is 5.91 Å². The standard InChI is InChI=1S/C22H28N2O4S/c1-17-7-9-19(10-8-17)22(2,3)16-23-21(25)18-5-4-6-20(15-18)29(26,27)24-11-13-28-14-12-24/h4-10,15H,11-14,16H2,1-3H3,(H,23,25). The molecular weight excluding hydrogens is 388 g/mol. The monoisotopic (exact) mass is 416 g/mol. The highest BCUT2D eigenvalue weighted by molar-refractivity contribution is 7.89. The van der Waals surface area contributed by atoms with Gasteiger partial charge in [-0.05, 0) is 30.7 Å². The highest BCUT2D eigenvalue weighted by Crippen LogP contribution is 2.23. The van der Waals surface area contributed by atoms with Crippen molar-refractivity contribution in [3.8, 4) is 0 Å². The molecule has 2 aromatic carbocycles. The van der Waals surface area contributed by atoms with Crippen molar-refractivity contribution in [1.82, 2.24) is 9.62 Å². The maximum Gasteiger partial charge on any atom is 0.251 e. The molecule has 1 amide bonds. The number of ether oxygens (including phenoxy) is 1. The van der Waals surface area contributed by atoms with E-state index in [0.29, 0.717) is 38.4 Å². The van der Waals surface area contributed by atoms with Crippen LogP contribution in [-0.2, 0) is 20.2 Å². The molecule has 3 rings (SSSR count). The number of rotatable bonds is 6. The van der Waals surface area contributed by atoms with Crippen LogP contribution in [0.4, 0.5) is 0 Å². The second-order valence-corrected chi connectivity index (χ2v) is 9.91. The molecule has 7 heteroatoms. The van der Waals surface area contributed by atoms with E-state index in [1.807, 2.05) is 6.92 Å². The SMILES string of the molecule is Cc1ccc(C(C)(C)CNC(=O)c2cccc(S(=O)(=O)N3CCOCC3)c2)cc1. The van der Waals surface area contributed by atoms with Crippen molar-refractivity contribution < 1.29 is 17.9 Å². The second-order valence-electron chi connectivity index (χ2n) is 7.98. The van der Waals surface area contributed by atoms with Crippen LogP contribution in [-0.4, -0.2) is 51.5 Å². The lowest BCUT2D eigenvalue weighted by molar-refractivity contribution is 0.0730. The summed E-state index contributed by atoms with van der Waals surface area (Å²) in [6, 6.07) is 14.4. The van der Waals surface area contributed by atoms with Gasteiger partial charge in [0.2, 0.25) is 10.0 Å². The molecule has 1 aliphatic rings. The number of benzene rings is 2. The van der Waals surface area contributed by atoms with Crippen LogP contribution in [0.1, 0.15) is 35.3 Å². The van der Waals surface area contributed by atoms with Gasteiger partial charge in [-0.1, -0.05) is 49.7 Å². The van der Waals surface area contributed by atoms with Crippen molar-refractivity contribution in [3.63, 3.8) is 0 Å². The summed E-state index contributed by atoms with van der Waals surface area (Å²) in [5, 5.41) is 2.94. The molecule has 29 heavy (non-hydrogen) atoms. The molecule has 0 spiro atoms. The Bertz CT molecular complexity index is 963. The molecule has 0 aliphatic carbocycles. The van der Waals surface area contributed by atoms with Gasteiger partial charge in [-0.3, -0.25) is 4.79 Å². The van der Waals surface area contributed by atoms with Crippen LogP contribution in [0.3, 0.4) is 0 Å². The Balaban J connectivity index is 1.71. The first-order chi connectivity index (χ1) is 13.7. The number of hydrogen-bond acceptors (Lipinski definition) is 4. The number of hydrogen-bond donors (Lipinski definition) is 1. The predicted octanol–water partition coefficient (Wildman–Crippen LogP) is 2.72. The lowest BCUT2D eigenvalue weighted by Gasteiger charge is -2.26. The summed E-state index contributed by atoms with van der Waals surface area (Å²) in [6.07, 6.45) is 0. The fourth-order valence-corrected chi connectivity index (χ4v) is 4.70. The largest absolute Gasteiger partial charge is 0.379 e. The van der Waals surface area contributed by atoms with Crippen LogP contribution in [0.5, 0.6) is 0 Å². The van der Waals surface area contributed by atoms with Gasteiger partial charge in [-0.2, -0.15) is 4.31 Å². The normalized spacial score (nSPS) is 15.8. The molecule has 1 heterocycles. The Morgan fingerprint density at radius 3 is 2.41 bits per heavy atom. The highest BCUT2D eigenvalue weighted by Gasteiger charge is 2.27. The number of amides is 1. The van der Waals surface area contributed by atoms with Crippen molar-refractivity contribution >= 4 is 15.9 Å². The molecule has 0 aromatic heterocycles. The van der Waals surface area contributed by atoms with Crippen molar-refractivity contribution in [2.45, 2.75) is 31.1 Å². The predicted molar refractivity (Wildman–Crippen MR) is 113 cm³/mol. The van der Waals surface area contributed by atoms with Crippen molar-refractivity contribution in [2.24, 2.45) is 0 Å². The first-order valence-electron chi connectivity index (χ1n) is 9.73. The molecule has 1 saturated heterocycles.